The first kappa shape index (κ1) is 23.8. The Bertz CT molecular complexity index is 1110. The van der Waals surface area contributed by atoms with Gasteiger partial charge < -0.3 is 10.2 Å². The Morgan fingerprint density at radius 3 is 2.25 bits per heavy atom. The molecule has 0 aliphatic carbocycles. The van der Waals surface area contributed by atoms with E-state index >= 15 is 0 Å². The molecule has 1 fully saturated rings. The molecule has 0 saturated carbocycles. The first-order valence-corrected chi connectivity index (χ1v) is 11.7. The van der Waals surface area contributed by atoms with Gasteiger partial charge in [-0.05, 0) is 57.0 Å². The summed E-state index contributed by atoms with van der Waals surface area (Å²) in [7, 11) is -3.88. The zero-order chi connectivity index (χ0) is 23.5. The molecule has 1 aliphatic heterocycles. The van der Waals surface area contributed by atoms with Crippen LogP contribution in [0.4, 0.5) is 8.78 Å². The van der Waals surface area contributed by atoms with Crippen LogP contribution in [0.1, 0.15) is 47.4 Å². The highest BCUT2D eigenvalue weighted by Crippen LogP contribution is 2.19. The number of carbonyl (C=O) groups is 2. The maximum atomic E-state index is 14.3. The van der Waals surface area contributed by atoms with E-state index in [0.717, 1.165) is 18.2 Å². The Morgan fingerprint density at radius 2 is 1.62 bits per heavy atom. The number of nitrogens with zero attached hydrogens (tertiary/aromatic N) is 1. The standard InChI is InChI=1S/C22H25F2N3O4S/c1-14(2)26-32(30,31)16-7-8-20(24)18(13-16)21(28)25-15-9-11-27(12-10-15)22(29)17-5-3-4-6-19(17)23/h3-8,13-15,26H,9-12H2,1-2H3,(H,25,28). The van der Waals surface area contributed by atoms with E-state index in [1.165, 1.54) is 23.1 Å². The van der Waals surface area contributed by atoms with Gasteiger partial charge in [-0.1, -0.05) is 12.1 Å². The van der Waals surface area contributed by atoms with Gasteiger partial charge in [-0.25, -0.2) is 21.9 Å². The molecule has 0 radical (unpaired) electrons. The summed E-state index contributed by atoms with van der Waals surface area (Å²) < 4.78 is 55.2. The molecule has 7 nitrogen and oxygen atoms in total. The van der Waals surface area contributed by atoms with E-state index in [1.807, 2.05) is 0 Å². The number of likely N-dealkylation sites (tertiary alicyclic amines) is 1. The lowest BCUT2D eigenvalue weighted by molar-refractivity contribution is 0.0693. The van der Waals surface area contributed by atoms with Crippen LogP contribution >= 0.6 is 0 Å². The van der Waals surface area contributed by atoms with Crippen molar-refractivity contribution in [2.24, 2.45) is 0 Å². The third-order valence-electron chi connectivity index (χ3n) is 5.11. The first-order chi connectivity index (χ1) is 15.1. The molecule has 1 saturated heterocycles. The molecular weight excluding hydrogens is 440 g/mol. The van der Waals surface area contributed by atoms with Crippen molar-refractivity contribution in [2.75, 3.05) is 13.1 Å². The van der Waals surface area contributed by atoms with Crippen molar-refractivity contribution in [3.8, 4) is 0 Å². The van der Waals surface area contributed by atoms with Crippen LogP contribution in [0, 0.1) is 11.6 Å². The summed E-state index contributed by atoms with van der Waals surface area (Å²) in [6.07, 6.45) is 0.806. The van der Waals surface area contributed by atoms with E-state index in [0.29, 0.717) is 25.9 Å². The third kappa shape index (κ3) is 5.49. The molecule has 1 heterocycles. The smallest absolute Gasteiger partial charge is 0.256 e. The van der Waals surface area contributed by atoms with Crippen molar-refractivity contribution in [3.05, 3.63) is 65.2 Å². The largest absolute Gasteiger partial charge is 0.349 e. The topological polar surface area (TPSA) is 95.6 Å². The second-order valence-corrected chi connectivity index (χ2v) is 9.65. The maximum Gasteiger partial charge on any atom is 0.256 e. The predicted octanol–water partition coefficient (Wildman–Crippen LogP) is 2.69. The lowest BCUT2D eigenvalue weighted by Crippen LogP contribution is -2.46. The number of rotatable bonds is 6. The molecule has 10 heteroatoms. The van der Waals surface area contributed by atoms with Crippen molar-refractivity contribution in [1.29, 1.82) is 0 Å². The summed E-state index contributed by atoms with van der Waals surface area (Å²) in [6, 6.07) is 8.09. The molecule has 0 spiro atoms. The fraction of sp³-hybridized carbons (Fsp3) is 0.364. The summed E-state index contributed by atoms with van der Waals surface area (Å²) >= 11 is 0. The van der Waals surface area contributed by atoms with E-state index in [1.54, 1.807) is 19.9 Å². The molecular formula is C22H25F2N3O4S. The van der Waals surface area contributed by atoms with E-state index in [-0.39, 0.29) is 28.1 Å². The van der Waals surface area contributed by atoms with Gasteiger partial charge in [0.25, 0.3) is 11.8 Å². The summed E-state index contributed by atoms with van der Waals surface area (Å²) in [6.45, 7) is 3.90. The van der Waals surface area contributed by atoms with E-state index in [9.17, 15) is 26.8 Å². The van der Waals surface area contributed by atoms with Gasteiger partial charge in [-0.15, -0.1) is 0 Å². The minimum atomic E-state index is -3.88. The zero-order valence-corrected chi connectivity index (χ0v) is 18.6. The lowest BCUT2D eigenvalue weighted by Gasteiger charge is -2.32. The molecule has 3 rings (SSSR count). The minimum Gasteiger partial charge on any atom is -0.349 e. The zero-order valence-electron chi connectivity index (χ0n) is 17.8. The number of amides is 2. The molecule has 0 bridgehead atoms. The first-order valence-electron chi connectivity index (χ1n) is 10.2. The second-order valence-electron chi connectivity index (χ2n) is 7.94. The Kier molecular flexibility index (Phi) is 7.25. The Hall–Kier alpha value is -2.85. The SMILES string of the molecule is CC(C)NS(=O)(=O)c1ccc(F)c(C(=O)NC2CCN(C(=O)c3ccccc3F)CC2)c1. The van der Waals surface area contributed by atoms with Gasteiger partial charge in [0.1, 0.15) is 11.6 Å². The normalized spacial score (nSPS) is 15.1. The van der Waals surface area contributed by atoms with Gasteiger partial charge in [0.15, 0.2) is 0 Å². The molecule has 172 valence electrons. The van der Waals surface area contributed by atoms with Crippen molar-refractivity contribution in [3.63, 3.8) is 0 Å². The van der Waals surface area contributed by atoms with Gasteiger partial charge in [-0.2, -0.15) is 0 Å². The van der Waals surface area contributed by atoms with Crippen molar-refractivity contribution in [2.45, 2.75) is 43.7 Å². The maximum absolute atomic E-state index is 14.3. The van der Waals surface area contributed by atoms with E-state index < -0.39 is 33.5 Å². The summed E-state index contributed by atoms with van der Waals surface area (Å²) in [5.41, 5.74) is -0.383. The number of piperidine rings is 1. The molecule has 1 aliphatic rings. The number of hydrogen-bond acceptors (Lipinski definition) is 4. The Balaban J connectivity index is 1.65. The van der Waals surface area contributed by atoms with E-state index in [2.05, 4.69) is 10.0 Å². The van der Waals surface area contributed by atoms with Gasteiger partial charge in [0.2, 0.25) is 10.0 Å². The van der Waals surface area contributed by atoms with Crippen LogP contribution in [0.25, 0.3) is 0 Å². The number of nitrogens with one attached hydrogen (secondary N) is 2. The van der Waals surface area contributed by atoms with Crippen molar-refractivity contribution in [1.82, 2.24) is 14.9 Å². The van der Waals surface area contributed by atoms with Crippen LogP contribution in [0.15, 0.2) is 47.4 Å². The predicted molar refractivity (Wildman–Crippen MR) is 115 cm³/mol. The quantitative estimate of drug-likeness (QED) is 0.686. The number of halogens is 2. The summed E-state index contributed by atoms with van der Waals surface area (Å²) in [5, 5.41) is 2.70. The van der Waals surface area contributed by atoms with Gasteiger partial charge in [-0.3, -0.25) is 9.59 Å². The molecule has 2 aromatic carbocycles. The Morgan fingerprint density at radius 1 is 1.00 bits per heavy atom. The van der Waals surface area contributed by atoms with Crippen LogP contribution < -0.4 is 10.0 Å². The average Bonchev–Trinajstić information content (AvgIpc) is 2.73. The van der Waals surface area contributed by atoms with Crippen molar-refractivity contribution < 1.29 is 26.8 Å². The lowest BCUT2D eigenvalue weighted by atomic mass is 10.0. The van der Waals surface area contributed by atoms with Crippen molar-refractivity contribution >= 4 is 21.8 Å². The van der Waals surface area contributed by atoms with Crippen LogP contribution in [0.5, 0.6) is 0 Å². The highest BCUT2D eigenvalue weighted by molar-refractivity contribution is 7.89. The monoisotopic (exact) mass is 465 g/mol. The number of sulfonamides is 1. The molecule has 0 atom stereocenters. The number of hydrogen-bond donors (Lipinski definition) is 2. The molecule has 2 aromatic rings. The van der Waals surface area contributed by atoms with Crippen LogP contribution in [0.2, 0.25) is 0 Å². The fourth-order valence-electron chi connectivity index (χ4n) is 3.52. The fourth-order valence-corrected chi connectivity index (χ4v) is 4.80. The van der Waals surface area contributed by atoms with Gasteiger partial charge in [0, 0.05) is 25.2 Å². The second kappa shape index (κ2) is 9.74. The molecule has 0 aromatic heterocycles. The highest BCUT2D eigenvalue weighted by Gasteiger charge is 2.27. The van der Waals surface area contributed by atoms with Crippen LogP contribution in [-0.2, 0) is 10.0 Å². The molecule has 32 heavy (non-hydrogen) atoms. The van der Waals surface area contributed by atoms with Gasteiger partial charge in [0.05, 0.1) is 16.0 Å². The van der Waals surface area contributed by atoms with Gasteiger partial charge >= 0.3 is 0 Å². The minimum absolute atomic E-state index is 0.00918. The third-order valence-corrected chi connectivity index (χ3v) is 6.76. The average molecular weight is 466 g/mol. The number of carbonyl (C=O) groups excluding carboxylic acids is 2. The molecule has 2 amide bonds. The summed E-state index contributed by atoms with van der Waals surface area (Å²) in [5.74, 6) is -2.58. The van der Waals surface area contributed by atoms with E-state index in [4.69, 9.17) is 0 Å². The Labute approximate surface area is 185 Å². The number of benzene rings is 2. The summed E-state index contributed by atoms with van der Waals surface area (Å²) in [4.78, 5) is 26.4. The highest BCUT2D eigenvalue weighted by atomic mass is 32.2. The van der Waals surface area contributed by atoms with Crippen LogP contribution in [-0.4, -0.2) is 50.3 Å². The molecule has 0 unspecified atom stereocenters. The molecule has 2 N–H and O–H groups in total. The van der Waals surface area contributed by atoms with Crippen LogP contribution in [0.3, 0.4) is 0 Å².